The molecule has 9 heteroatoms. The fourth-order valence-electron chi connectivity index (χ4n) is 2.46. The molecule has 0 fully saturated rings. The maximum absolute atomic E-state index is 12.9. The zero-order valence-electron chi connectivity index (χ0n) is 13.7. The van der Waals surface area contributed by atoms with Gasteiger partial charge in [-0.1, -0.05) is 18.2 Å². The quantitative estimate of drug-likeness (QED) is 0.360. The Balaban J connectivity index is 2.17. The lowest BCUT2D eigenvalue weighted by Crippen LogP contribution is -2.41. The summed E-state index contributed by atoms with van der Waals surface area (Å²) >= 11 is 0. The van der Waals surface area contributed by atoms with E-state index in [0.29, 0.717) is 36.7 Å². The second kappa shape index (κ2) is 8.01. The summed E-state index contributed by atoms with van der Waals surface area (Å²) in [5, 5.41) is 0.387. The molecule has 2 rings (SSSR count). The zero-order valence-corrected chi connectivity index (χ0v) is 13.7. The highest BCUT2D eigenvalue weighted by Crippen LogP contribution is 2.35. The van der Waals surface area contributed by atoms with E-state index in [0.717, 1.165) is 0 Å². The maximum Gasteiger partial charge on any atom is 0.456 e. The van der Waals surface area contributed by atoms with Crippen LogP contribution in [-0.4, -0.2) is 35.9 Å². The van der Waals surface area contributed by atoms with Crippen LogP contribution in [0.15, 0.2) is 30.5 Å². The van der Waals surface area contributed by atoms with Crippen LogP contribution in [0.5, 0.6) is 0 Å². The van der Waals surface area contributed by atoms with E-state index in [1.165, 1.54) is 6.20 Å². The molecule has 144 valence electrons. The predicted octanol–water partition coefficient (Wildman–Crippen LogP) is 5.14. The van der Waals surface area contributed by atoms with Gasteiger partial charge in [-0.25, -0.2) is 4.79 Å². The fraction of sp³-hybridized carbons (Fsp3) is 0.471. The normalized spacial score (nSPS) is 12.5. The molecule has 0 atom stereocenters. The molecule has 0 bridgehead atoms. The molecule has 1 heterocycles. The first-order chi connectivity index (χ1) is 12.2. The average molecular weight is 381 g/mol. The summed E-state index contributed by atoms with van der Waals surface area (Å²) in [6.07, 6.45) is -2.78. The van der Waals surface area contributed by atoms with Gasteiger partial charge in [-0.2, -0.15) is 22.0 Å². The summed E-state index contributed by atoms with van der Waals surface area (Å²) in [7, 11) is 0. The number of alkyl halides is 6. The molecule has 0 aliphatic rings. The van der Waals surface area contributed by atoms with Gasteiger partial charge in [0.05, 0.1) is 12.2 Å². The number of ether oxygens (including phenoxy) is 1. The Morgan fingerprint density at radius 1 is 1.04 bits per heavy atom. The highest BCUT2D eigenvalue weighted by atomic mass is 19.4. The van der Waals surface area contributed by atoms with Crippen molar-refractivity contribution in [3.8, 4) is 0 Å². The average Bonchev–Trinajstić information content (AvgIpc) is 2.95. The first kappa shape index (κ1) is 20.1. The molecule has 2 aromatic rings. The largest absolute Gasteiger partial charge is 0.456 e. The number of esters is 1. The van der Waals surface area contributed by atoms with Crippen LogP contribution in [0.1, 0.15) is 29.6 Å². The van der Waals surface area contributed by atoms with E-state index in [1.54, 1.807) is 28.8 Å². The number of benzene rings is 1. The van der Waals surface area contributed by atoms with Gasteiger partial charge in [-0.3, -0.25) is 4.39 Å². The minimum Gasteiger partial charge on any atom is -0.455 e. The predicted molar refractivity (Wildman–Crippen MR) is 83.0 cm³/mol. The third-order valence-electron chi connectivity index (χ3n) is 3.84. The lowest BCUT2D eigenvalue weighted by Gasteiger charge is -2.18. The van der Waals surface area contributed by atoms with Gasteiger partial charge in [0.2, 0.25) is 0 Å². The Labute approximate surface area is 145 Å². The third kappa shape index (κ3) is 4.50. The lowest BCUT2D eigenvalue weighted by molar-refractivity contribution is -0.292. The molecule has 0 aliphatic heterocycles. The molecule has 0 spiro atoms. The van der Waals surface area contributed by atoms with Crippen molar-refractivity contribution >= 4 is 16.9 Å². The molecule has 3 nitrogen and oxygen atoms in total. The van der Waals surface area contributed by atoms with E-state index in [4.69, 9.17) is 0 Å². The van der Waals surface area contributed by atoms with Crippen molar-refractivity contribution < 1.29 is 35.9 Å². The highest BCUT2D eigenvalue weighted by Gasteiger charge is 2.58. The van der Waals surface area contributed by atoms with Crippen molar-refractivity contribution in [2.75, 3.05) is 13.3 Å². The Morgan fingerprint density at radius 3 is 2.38 bits per heavy atom. The monoisotopic (exact) mass is 381 g/mol. The number of para-hydroxylation sites is 1. The van der Waals surface area contributed by atoms with Crippen LogP contribution in [0, 0.1) is 0 Å². The Bertz CT molecular complexity index is 753. The van der Waals surface area contributed by atoms with Crippen LogP contribution in [0.25, 0.3) is 10.9 Å². The second-order valence-corrected chi connectivity index (χ2v) is 5.78. The number of aryl methyl sites for hydroxylation is 1. The molecule has 0 saturated heterocycles. The van der Waals surface area contributed by atoms with Crippen molar-refractivity contribution in [2.24, 2.45) is 0 Å². The zero-order chi connectivity index (χ0) is 19.4. The molecule has 0 saturated carbocycles. The maximum atomic E-state index is 12.9. The smallest absolute Gasteiger partial charge is 0.455 e. The van der Waals surface area contributed by atoms with Crippen molar-refractivity contribution in [2.45, 2.75) is 37.9 Å². The minimum absolute atomic E-state index is 0.0935. The molecule has 26 heavy (non-hydrogen) atoms. The second-order valence-electron chi connectivity index (χ2n) is 5.78. The Kier molecular flexibility index (Phi) is 6.20. The number of hydrogen-bond donors (Lipinski definition) is 0. The van der Waals surface area contributed by atoms with E-state index in [-0.39, 0.29) is 5.56 Å². The standard InChI is InChI=1S/C17H17F6NO2/c18-8-4-1-5-9-24-10-13(12-6-2-3-7-14(12)24)15(25)26-11-16(19,20)17(21,22)23/h2-3,6-7,10H,1,4-5,8-9,11H2. The molecule has 0 amide bonds. The number of rotatable bonds is 8. The molecular formula is C17H17F6NO2. The van der Waals surface area contributed by atoms with Crippen molar-refractivity contribution in [1.29, 1.82) is 0 Å². The summed E-state index contributed by atoms with van der Waals surface area (Å²) in [4.78, 5) is 12.0. The third-order valence-corrected chi connectivity index (χ3v) is 3.84. The molecule has 0 aliphatic carbocycles. The van der Waals surface area contributed by atoms with Gasteiger partial charge in [-0.15, -0.1) is 0 Å². The number of halogens is 6. The van der Waals surface area contributed by atoms with Gasteiger partial charge in [0, 0.05) is 23.6 Å². The first-order valence-corrected chi connectivity index (χ1v) is 7.93. The van der Waals surface area contributed by atoms with Crippen LogP contribution in [0.2, 0.25) is 0 Å². The van der Waals surface area contributed by atoms with Gasteiger partial charge >= 0.3 is 18.1 Å². The van der Waals surface area contributed by atoms with Crippen LogP contribution in [-0.2, 0) is 11.3 Å². The van der Waals surface area contributed by atoms with Crippen molar-refractivity contribution in [3.63, 3.8) is 0 Å². The summed E-state index contributed by atoms with van der Waals surface area (Å²) in [6, 6.07) is 6.54. The number of carbonyl (C=O) groups is 1. The van der Waals surface area contributed by atoms with Crippen molar-refractivity contribution in [1.82, 2.24) is 4.57 Å². The Hall–Kier alpha value is -2.19. The fourth-order valence-corrected chi connectivity index (χ4v) is 2.46. The molecule has 0 N–H and O–H groups in total. The molecule has 1 aromatic heterocycles. The molecule has 0 unspecified atom stereocenters. The number of aromatic nitrogens is 1. The van der Waals surface area contributed by atoms with Gasteiger partial charge in [-0.05, 0) is 25.3 Å². The van der Waals surface area contributed by atoms with Crippen LogP contribution >= 0.6 is 0 Å². The number of fused-ring (bicyclic) bond motifs is 1. The molecule has 1 aromatic carbocycles. The molecular weight excluding hydrogens is 364 g/mol. The lowest BCUT2D eigenvalue weighted by atomic mass is 10.2. The van der Waals surface area contributed by atoms with Crippen LogP contribution < -0.4 is 0 Å². The topological polar surface area (TPSA) is 31.2 Å². The van der Waals surface area contributed by atoms with E-state index in [2.05, 4.69) is 4.74 Å². The number of carbonyl (C=O) groups excluding carboxylic acids is 1. The van der Waals surface area contributed by atoms with Gasteiger partial charge < -0.3 is 9.30 Å². The highest BCUT2D eigenvalue weighted by molar-refractivity contribution is 6.04. The van der Waals surface area contributed by atoms with E-state index >= 15 is 0 Å². The minimum atomic E-state index is -5.79. The number of hydrogen-bond acceptors (Lipinski definition) is 2. The van der Waals surface area contributed by atoms with E-state index in [1.807, 2.05) is 0 Å². The van der Waals surface area contributed by atoms with Crippen LogP contribution in [0.3, 0.4) is 0 Å². The Morgan fingerprint density at radius 2 is 1.73 bits per heavy atom. The SMILES string of the molecule is O=C(OCC(F)(F)C(F)(F)F)c1cn(CCCCCF)c2ccccc12. The number of unbranched alkanes of at least 4 members (excludes halogenated alkanes) is 2. The molecule has 0 radical (unpaired) electrons. The van der Waals surface area contributed by atoms with Gasteiger partial charge in [0.1, 0.15) is 0 Å². The van der Waals surface area contributed by atoms with E-state index < -0.39 is 31.3 Å². The summed E-state index contributed by atoms with van der Waals surface area (Å²) in [6.45, 7) is -2.06. The summed E-state index contributed by atoms with van der Waals surface area (Å²) in [5.41, 5.74) is 0.520. The number of nitrogens with zero attached hydrogens (tertiary/aromatic N) is 1. The van der Waals surface area contributed by atoms with E-state index in [9.17, 15) is 31.1 Å². The van der Waals surface area contributed by atoms with Crippen LogP contribution in [0.4, 0.5) is 26.3 Å². The first-order valence-electron chi connectivity index (χ1n) is 7.93. The van der Waals surface area contributed by atoms with Gasteiger partial charge in [0.15, 0.2) is 6.61 Å². The van der Waals surface area contributed by atoms with Crippen molar-refractivity contribution in [3.05, 3.63) is 36.0 Å². The van der Waals surface area contributed by atoms with Gasteiger partial charge in [0.25, 0.3) is 0 Å². The summed E-state index contributed by atoms with van der Waals surface area (Å²) in [5.74, 6) is -6.37. The summed E-state index contributed by atoms with van der Waals surface area (Å²) < 4.78 is 80.4.